The molecule has 0 radical (unpaired) electrons. The van der Waals surface area contributed by atoms with Gasteiger partial charge in [-0.05, 0) is 36.4 Å². The lowest BCUT2D eigenvalue weighted by Gasteiger charge is -2.15. The zero-order valence-corrected chi connectivity index (χ0v) is 17.8. The Kier molecular flexibility index (Phi) is 5.75. The summed E-state index contributed by atoms with van der Waals surface area (Å²) in [5, 5.41) is 4.30. The average Bonchev–Trinajstić information content (AvgIpc) is 2.83. The van der Waals surface area contributed by atoms with Gasteiger partial charge < -0.3 is 24.3 Å². The number of benzene rings is 3. The van der Waals surface area contributed by atoms with Crippen LogP contribution in [0, 0.1) is 0 Å². The fraction of sp³-hybridized carbons (Fsp3) is 0.167. The number of fused-ring (bicyclic) bond motifs is 1. The minimum absolute atomic E-state index is 0.518. The fourth-order valence-electron chi connectivity index (χ4n) is 3.35. The number of hydrogen-bond donors (Lipinski definition) is 1. The zero-order valence-electron chi connectivity index (χ0n) is 17.8. The van der Waals surface area contributed by atoms with Gasteiger partial charge in [-0.3, -0.25) is 0 Å². The molecular formula is C24H23N3O4. The summed E-state index contributed by atoms with van der Waals surface area (Å²) < 4.78 is 21.7. The topological polar surface area (TPSA) is 74.7 Å². The molecule has 0 aliphatic carbocycles. The van der Waals surface area contributed by atoms with Gasteiger partial charge in [0.05, 0.1) is 34.0 Å². The Bertz CT molecular complexity index is 1200. The molecule has 31 heavy (non-hydrogen) atoms. The first-order valence-electron chi connectivity index (χ1n) is 9.65. The van der Waals surface area contributed by atoms with Gasteiger partial charge in [0.25, 0.3) is 0 Å². The summed E-state index contributed by atoms with van der Waals surface area (Å²) in [7, 11) is 6.38. The van der Waals surface area contributed by atoms with Crippen LogP contribution in [0.1, 0.15) is 0 Å². The van der Waals surface area contributed by atoms with E-state index >= 15 is 0 Å². The van der Waals surface area contributed by atoms with Crippen LogP contribution in [-0.2, 0) is 0 Å². The van der Waals surface area contributed by atoms with Gasteiger partial charge in [-0.15, -0.1) is 0 Å². The van der Waals surface area contributed by atoms with Crippen molar-refractivity contribution in [1.82, 2.24) is 9.97 Å². The molecular weight excluding hydrogens is 394 g/mol. The van der Waals surface area contributed by atoms with Crippen LogP contribution >= 0.6 is 0 Å². The molecule has 0 spiro atoms. The number of para-hydroxylation sites is 1. The normalized spacial score (nSPS) is 10.6. The van der Waals surface area contributed by atoms with Crippen LogP contribution in [0.25, 0.3) is 22.3 Å². The van der Waals surface area contributed by atoms with E-state index in [4.69, 9.17) is 28.9 Å². The van der Waals surface area contributed by atoms with Gasteiger partial charge in [0.1, 0.15) is 11.6 Å². The van der Waals surface area contributed by atoms with Crippen molar-refractivity contribution < 1.29 is 18.9 Å². The molecule has 1 heterocycles. The number of hydrogen-bond acceptors (Lipinski definition) is 7. The molecule has 0 saturated carbocycles. The highest BCUT2D eigenvalue weighted by molar-refractivity contribution is 5.92. The van der Waals surface area contributed by atoms with Gasteiger partial charge in [0.15, 0.2) is 17.3 Å². The van der Waals surface area contributed by atoms with Crippen LogP contribution in [0.2, 0.25) is 0 Å². The highest BCUT2D eigenvalue weighted by Crippen LogP contribution is 2.41. The first kappa shape index (κ1) is 20.3. The Morgan fingerprint density at radius 3 is 2.13 bits per heavy atom. The minimum Gasteiger partial charge on any atom is -0.497 e. The van der Waals surface area contributed by atoms with E-state index in [0.29, 0.717) is 28.9 Å². The summed E-state index contributed by atoms with van der Waals surface area (Å²) in [5.41, 5.74) is 2.42. The van der Waals surface area contributed by atoms with Gasteiger partial charge in [-0.25, -0.2) is 9.97 Å². The highest BCUT2D eigenvalue weighted by Gasteiger charge is 2.17. The number of aromatic nitrogens is 2. The van der Waals surface area contributed by atoms with Crippen LogP contribution in [-0.4, -0.2) is 38.4 Å². The second-order valence-corrected chi connectivity index (χ2v) is 6.68. The van der Waals surface area contributed by atoms with Crippen LogP contribution in [0.4, 0.5) is 11.5 Å². The smallest absolute Gasteiger partial charge is 0.203 e. The molecule has 0 aliphatic rings. The van der Waals surface area contributed by atoms with Crippen LogP contribution in [0.15, 0.2) is 60.7 Å². The zero-order chi connectivity index (χ0) is 21.8. The molecule has 1 aromatic heterocycles. The average molecular weight is 417 g/mol. The number of rotatable bonds is 7. The van der Waals surface area contributed by atoms with E-state index in [9.17, 15) is 0 Å². The van der Waals surface area contributed by atoms with Gasteiger partial charge in [0.2, 0.25) is 5.75 Å². The molecule has 0 atom stereocenters. The summed E-state index contributed by atoms with van der Waals surface area (Å²) in [6, 6.07) is 19.2. The molecule has 0 bridgehead atoms. The maximum absolute atomic E-state index is 5.49. The van der Waals surface area contributed by atoms with Gasteiger partial charge in [0, 0.05) is 22.7 Å². The van der Waals surface area contributed by atoms with Crippen LogP contribution in [0.5, 0.6) is 23.0 Å². The molecule has 4 aromatic rings. The monoisotopic (exact) mass is 417 g/mol. The van der Waals surface area contributed by atoms with E-state index in [1.54, 1.807) is 28.4 Å². The van der Waals surface area contributed by atoms with Crippen LogP contribution < -0.4 is 24.3 Å². The molecule has 7 nitrogen and oxygen atoms in total. The SMILES string of the molecule is COc1cccc(Nc2nc(-c3cc(OC)c(OC)c(OC)c3)nc3ccccc23)c1. The second kappa shape index (κ2) is 8.79. The summed E-state index contributed by atoms with van der Waals surface area (Å²) in [6.45, 7) is 0. The lowest BCUT2D eigenvalue weighted by molar-refractivity contribution is 0.324. The predicted octanol–water partition coefficient (Wildman–Crippen LogP) is 5.07. The molecule has 0 unspecified atom stereocenters. The summed E-state index contributed by atoms with van der Waals surface area (Å²) in [5.74, 6) is 3.57. The van der Waals surface area contributed by atoms with E-state index in [1.807, 2.05) is 60.7 Å². The van der Waals surface area contributed by atoms with E-state index in [2.05, 4.69) is 5.32 Å². The lowest BCUT2D eigenvalue weighted by Crippen LogP contribution is -2.01. The summed E-state index contributed by atoms with van der Waals surface area (Å²) >= 11 is 0. The largest absolute Gasteiger partial charge is 0.497 e. The summed E-state index contributed by atoms with van der Waals surface area (Å²) in [4.78, 5) is 9.57. The molecule has 0 aliphatic heterocycles. The van der Waals surface area contributed by atoms with Crippen LogP contribution in [0.3, 0.4) is 0 Å². The quantitative estimate of drug-likeness (QED) is 0.450. The number of anilines is 2. The Morgan fingerprint density at radius 2 is 1.45 bits per heavy atom. The van der Waals surface area contributed by atoms with E-state index in [1.165, 1.54) is 0 Å². The van der Waals surface area contributed by atoms with Gasteiger partial charge >= 0.3 is 0 Å². The van der Waals surface area contributed by atoms with Crippen molar-refractivity contribution in [2.45, 2.75) is 0 Å². The van der Waals surface area contributed by atoms with Crippen molar-refractivity contribution in [3.05, 3.63) is 60.7 Å². The Labute approximate surface area is 180 Å². The molecule has 158 valence electrons. The van der Waals surface area contributed by atoms with Crippen molar-refractivity contribution >= 4 is 22.4 Å². The molecule has 3 aromatic carbocycles. The third-order valence-corrected chi connectivity index (χ3v) is 4.86. The van der Waals surface area contributed by atoms with Crippen molar-refractivity contribution in [3.63, 3.8) is 0 Å². The first-order valence-corrected chi connectivity index (χ1v) is 9.65. The molecule has 0 saturated heterocycles. The number of ether oxygens (including phenoxy) is 4. The minimum atomic E-state index is 0.518. The fourth-order valence-corrected chi connectivity index (χ4v) is 3.35. The molecule has 0 fully saturated rings. The lowest BCUT2D eigenvalue weighted by atomic mass is 10.1. The number of methoxy groups -OCH3 is 4. The molecule has 4 rings (SSSR count). The van der Waals surface area contributed by atoms with Crippen molar-refractivity contribution in [2.75, 3.05) is 33.8 Å². The number of nitrogens with zero attached hydrogens (tertiary/aromatic N) is 2. The Morgan fingerprint density at radius 1 is 0.710 bits per heavy atom. The van der Waals surface area contributed by atoms with Crippen molar-refractivity contribution in [1.29, 1.82) is 0 Å². The van der Waals surface area contributed by atoms with Gasteiger partial charge in [-0.2, -0.15) is 0 Å². The van der Waals surface area contributed by atoms with E-state index in [-0.39, 0.29) is 0 Å². The second-order valence-electron chi connectivity index (χ2n) is 6.68. The first-order chi connectivity index (χ1) is 15.2. The van der Waals surface area contributed by atoms with Crippen molar-refractivity contribution in [3.8, 4) is 34.4 Å². The van der Waals surface area contributed by atoms with Gasteiger partial charge in [-0.1, -0.05) is 18.2 Å². The Hall–Kier alpha value is -4.00. The molecule has 1 N–H and O–H groups in total. The molecule has 7 heteroatoms. The molecule has 0 amide bonds. The number of nitrogens with one attached hydrogen (secondary N) is 1. The van der Waals surface area contributed by atoms with E-state index < -0.39 is 0 Å². The maximum atomic E-state index is 5.49. The third-order valence-electron chi connectivity index (χ3n) is 4.86. The predicted molar refractivity (Wildman–Crippen MR) is 121 cm³/mol. The summed E-state index contributed by atoms with van der Waals surface area (Å²) in [6.07, 6.45) is 0. The Balaban J connectivity index is 1.86. The van der Waals surface area contributed by atoms with E-state index in [0.717, 1.165) is 27.9 Å². The highest BCUT2D eigenvalue weighted by atomic mass is 16.5. The maximum Gasteiger partial charge on any atom is 0.203 e. The third kappa shape index (κ3) is 4.02. The standard InChI is InChI=1S/C24H23N3O4/c1-28-17-9-7-8-16(14-17)25-24-18-10-5-6-11-19(18)26-23(27-24)15-12-20(29-2)22(31-4)21(13-15)30-3/h5-14H,1-4H3,(H,25,26,27). The van der Waals surface area contributed by atoms with Crippen molar-refractivity contribution in [2.24, 2.45) is 0 Å².